The zero-order valence-corrected chi connectivity index (χ0v) is 9.14. The van der Waals surface area contributed by atoms with Gasteiger partial charge in [-0.3, -0.25) is 0 Å². The number of rotatable bonds is 7. The van der Waals surface area contributed by atoms with Crippen molar-refractivity contribution in [3.8, 4) is 0 Å². The van der Waals surface area contributed by atoms with Crippen molar-refractivity contribution < 1.29 is 24.9 Å². The molecule has 0 aliphatic rings. The fraction of sp³-hybridized carbons (Fsp3) is 0.455. The van der Waals surface area contributed by atoms with E-state index in [2.05, 4.69) is 0 Å². The average molecular weight is 228 g/mol. The van der Waals surface area contributed by atoms with Crippen LogP contribution in [0.2, 0.25) is 0 Å². The van der Waals surface area contributed by atoms with Gasteiger partial charge in [-0.25, -0.2) is 9.59 Å². The molecule has 0 saturated heterocycles. The lowest BCUT2D eigenvalue weighted by Gasteiger charge is -2.00. The van der Waals surface area contributed by atoms with Gasteiger partial charge in [-0.05, 0) is 19.3 Å². The molecule has 0 saturated carbocycles. The van der Waals surface area contributed by atoms with E-state index < -0.39 is 11.9 Å². The highest BCUT2D eigenvalue weighted by atomic mass is 16.4. The summed E-state index contributed by atoms with van der Waals surface area (Å²) in [5.41, 5.74) is 0.254. The predicted octanol–water partition coefficient (Wildman–Crippen LogP) is 1.19. The molecule has 5 heteroatoms. The molecule has 0 aromatic rings. The van der Waals surface area contributed by atoms with E-state index >= 15 is 0 Å². The Kier molecular flexibility index (Phi) is 6.87. The first kappa shape index (κ1) is 14.4. The van der Waals surface area contributed by atoms with Crippen molar-refractivity contribution in [2.75, 3.05) is 6.61 Å². The average Bonchev–Trinajstić information content (AvgIpc) is 2.22. The fourth-order valence-electron chi connectivity index (χ4n) is 1.07. The summed E-state index contributed by atoms with van der Waals surface area (Å²) in [6.45, 7) is 1.59. The summed E-state index contributed by atoms with van der Waals surface area (Å²) in [5, 5.41) is 26.1. The number of hydrogen-bond donors (Lipinski definition) is 3. The Labute approximate surface area is 93.7 Å². The van der Waals surface area contributed by atoms with Crippen LogP contribution in [0.4, 0.5) is 0 Å². The van der Waals surface area contributed by atoms with E-state index in [4.69, 9.17) is 15.3 Å². The molecule has 0 bridgehead atoms. The van der Waals surface area contributed by atoms with Crippen molar-refractivity contribution in [3.63, 3.8) is 0 Å². The molecule has 0 rings (SSSR count). The third kappa shape index (κ3) is 5.31. The van der Waals surface area contributed by atoms with Crippen LogP contribution in [0.5, 0.6) is 0 Å². The highest BCUT2D eigenvalue weighted by Gasteiger charge is 2.07. The van der Waals surface area contributed by atoms with Crippen molar-refractivity contribution in [2.24, 2.45) is 0 Å². The molecule has 5 nitrogen and oxygen atoms in total. The zero-order valence-electron chi connectivity index (χ0n) is 9.14. The molecule has 16 heavy (non-hydrogen) atoms. The van der Waals surface area contributed by atoms with E-state index in [0.29, 0.717) is 12.8 Å². The molecule has 3 N–H and O–H groups in total. The SMILES string of the molecule is CCC(=CC=C(CCCO)C(=O)O)C(=O)O. The van der Waals surface area contributed by atoms with Gasteiger partial charge < -0.3 is 15.3 Å². The van der Waals surface area contributed by atoms with E-state index in [9.17, 15) is 9.59 Å². The molecule has 0 unspecified atom stereocenters. The number of aliphatic hydroxyl groups is 1. The summed E-state index contributed by atoms with van der Waals surface area (Å²) >= 11 is 0. The number of carboxylic acid groups (broad SMARTS) is 2. The van der Waals surface area contributed by atoms with Crippen LogP contribution in [0.1, 0.15) is 26.2 Å². The summed E-state index contributed by atoms with van der Waals surface area (Å²) in [4.78, 5) is 21.4. The van der Waals surface area contributed by atoms with E-state index in [1.165, 1.54) is 12.2 Å². The molecule has 90 valence electrons. The molecular weight excluding hydrogens is 212 g/mol. The van der Waals surface area contributed by atoms with Crippen molar-refractivity contribution in [2.45, 2.75) is 26.2 Å². The monoisotopic (exact) mass is 228 g/mol. The quantitative estimate of drug-likeness (QED) is 0.449. The van der Waals surface area contributed by atoms with Crippen molar-refractivity contribution >= 4 is 11.9 Å². The predicted molar refractivity (Wildman–Crippen MR) is 58.0 cm³/mol. The second kappa shape index (κ2) is 7.64. The maximum atomic E-state index is 10.7. The van der Waals surface area contributed by atoms with Gasteiger partial charge in [-0.2, -0.15) is 0 Å². The van der Waals surface area contributed by atoms with Gasteiger partial charge in [0, 0.05) is 17.8 Å². The summed E-state index contributed by atoms with van der Waals surface area (Å²) in [7, 11) is 0. The van der Waals surface area contributed by atoms with Crippen molar-refractivity contribution in [1.29, 1.82) is 0 Å². The smallest absolute Gasteiger partial charge is 0.331 e. The van der Waals surface area contributed by atoms with E-state index in [1.807, 2.05) is 0 Å². The fourth-order valence-corrected chi connectivity index (χ4v) is 1.07. The van der Waals surface area contributed by atoms with Gasteiger partial charge in [0.1, 0.15) is 0 Å². The number of carbonyl (C=O) groups is 2. The molecule has 0 aliphatic carbocycles. The minimum Gasteiger partial charge on any atom is -0.478 e. The topological polar surface area (TPSA) is 94.8 Å². The van der Waals surface area contributed by atoms with Crippen LogP contribution in [-0.4, -0.2) is 33.9 Å². The molecule has 0 atom stereocenters. The van der Waals surface area contributed by atoms with Gasteiger partial charge in [0.15, 0.2) is 0 Å². The van der Waals surface area contributed by atoms with Crippen LogP contribution >= 0.6 is 0 Å². The Balaban J connectivity index is 4.77. The summed E-state index contributed by atoms with van der Waals surface area (Å²) in [6.07, 6.45) is 3.48. The standard InChI is InChI=1S/C11H16O5/c1-2-8(10(13)14)5-6-9(11(15)16)4-3-7-12/h5-6,12H,2-4,7H2,1H3,(H,13,14)(H,15,16). The normalized spacial score (nSPS) is 12.6. The molecule has 0 amide bonds. The Bertz CT molecular complexity index is 314. The molecular formula is C11H16O5. The minimum atomic E-state index is -1.09. The van der Waals surface area contributed by atoms with E-state index in [0.717, 1.165) is 0 Å². The van der Waals surface area contributed by atoms with Crippen molar-refractivity contribution in [1.82, 2.24) is 0 Å². The maximum absolute atomic E-state index is 10.7. The Morgan fingerprint density at radius 2 is 1.56 bits per heavy atom. The summed E-state index contributed by atoms with van der Waals surface area (Å²) < 4.78 is 0. The molecule has 0 spiro atoms. The molecule has 0 aromatic carbocycles. The second-order valence-corrected chi connectivity index (χ2v) is 3.17. The third-order valence-electron chi connectivity index (χ3n) is 2.02. The Morgan fingerprint density at radius 3 is 1.94 bits per heavy atom. The summed E-state index contributed by atoms with van der Waals surface area (Å²) in [6, 6.07) is 0. The van der Waals surface area contributed by atoms with Crippen LogP contribution in [0, 0.1) is 0 Å². The lowest BCUT2D eigenvalue weighted by atomic mass is 10.1. The van der Waals surface area contributed by atoms with E-state index in [1.54, 1.807) is 6.92 Å². The first-order valence-electron chi connectivity index (χ1n) is 5.00. The lowest BCUT2D eigenvalue weighted by molar-refractivity contribution is -0.133. The number of aliphatic carboxylic acids is 2. The summed E-state index contributed by atoms with van der Waals surface area (Å²) in [5.74, 6) is -2.14. The van der Waals surface area contributed by atoms with Crippen LogP contribution in [0.3, 0.4) is 0 Å². The Hall–Kier alpha value is -1.62. The number of hydrogen-bond acceptors (Lipinski definition) is 3. The molecule has 0 aliphatic heterocycles. The maximum Gasteiger partial charge on any atom is 0.331 e. The Morgan fingerprint density at radius 1 is 1.06 bits per heavy atom. The minimum absolute atomic E-state index is 0.0894. The third-order valence-corrected chi connectivity index (χ3v) is 2.02. The van der Waals surface area contributed by atoms with Gasteiger partial charge >= 0.3 is 11.9 Å². The number of allylic oxidation sites excluding steroid dienone is 2. The van der Waals surface area contributed by atoms with E-state index in [-0.39, 0.29) is 24.2 Å². The zero-order chi connectivity index (χ0) is 12.6. The first-order chi connectivity index (χ1) is 7.52. The van der Waals surface area contributed by atoms with Crippen LogP contribution in [0.25, 0.3) is 0 Å². The van der Waals surface area contributed by atoms with Gasteiger partial charge in [0.2, 0.25) is 0 Å². The van der Waals surface area contributed by atoms with Gasteiger partial charge in [0.25, 0.3) is 0 Å². The van der Waals surface area contributed by atoms with Gasteiger partial charge in [-0.1, -0.05) is 19.1 Å². The van der Waals surface area contributed by atoms with Gasteiger partial charge in [-0.15, -0.1) is 0 Å². The second-order valence-electron chi connectivity index (χ2n) is 3.17. The van der Waals surface area contributed by atoms with Gasteiger partial charge in [0.05, 0.1) is 0 Å². The van der Waals surface area contributed by atoms with Crippen molar-refractivity contribution in [3.05, 3.63) is 23.3 Å². The largest absolute Gasteiger partial charge is 0.478 e. The number of carboxylic acids is 2. The molecule has 0 radical (unpaired) electrons. The first-order valence-corrected chi connectivity index (χ1v) is 5.00. The highest BCUT2D eigenvalue weighted by molar-refractivity contribution is 5.89. The highest BCUT2D eigenvalue weighted by Crippen LogP contribution is 2.08. The number of aliphatic hydroxyl groups excluding tert-OH is 1. The lowest BCUT2D eigenvalue weighted by Crippen LogP contribution is -2.02. The molecule has 0 fully saturated rings. The van der Waals surface area contributed by atoms with Crippen LogP contribution < -0.4 is 0 Å². The van der Waals surface area contributed by atoms with Crippen LogP contribution in [-0.2, 0) is 9.59 Å². The molecule has 0 aromatic heterocycles. The van der Waals surface area contributed by atoms with Crippen LogP contribution in [0.15, 0.2) is 23.3 Å². The molecule has 0 heterocycles.